The molecule has 2 aromatic heterocycles. The van der Waals surface area contributed by atoms with Crippen LogP contribution in [0.4, 0.5) is 5.82 Å². The average Bonchev–Trinajstić information content (AvgIpc) is 2.99. The number of anilines is 1. The monoisotopic (exact) mass is 318 g/mol. The Balaban J connectivity index is 1.82. The smallest absolute Gasteiger partial charge is 0.196 e. The number of nitrogens with zero attached hydrogens (tertiary/aromatic N) is 2. The molecule has 1 N–H and O–H groups in total. The molecule has 2 heterocycles. The molecule has 0 bridgehead atoms. The van der Waals surface area contributed by atoms with Crippen LogP contribution < -0.4 is 10.4 Å². The maximum Gasteiger partial charge on any atom is 0.196 e. The number of aliphatic carboxylic acids is 1. The van der Waals surface area contributed by atoms with Crippen LogP contribution in [0.1, 0.15) is 11.6 Å². The minimum atomic E-state index is -1.25. The summed E-state index contributed by atoms with van der Waals surface area (Å²) in [5.74, 6) is -0.932. The third kappa shape index (κ3) is 2.34. The molecule has 2 aromatic carbocycles. The van der Waals surface area contributed by atoms with E-state index < -0.39 is 12.0 Å². The Hall–Kier alpha value is -3.41. The normalized spacial score (nSPS) is 12.3. The minimum absolute atomic E-state index is 0.314. The summed E-state index contributed by atoms with van der Waals surface area (Å²) < 4.78 is 5.80. The predicted molar refractivity (Wildman–Crippen MR) is 87.1 cm³/mol. The fraction of sp³-hybridized carbons (Fsp3) is 0.0556. The molecule has 0 aliphatic carbocycles. The molecule has 4 aromatic rings. The van der Waals surface area contributed by atoms with Crippen LogP contribution in [0.5, 0.6) is 0 Å². The molecule has 0 saturated heterocycles. The Kier molecular flexibility index (Phi) is 3.35. The van der Waals surface area contributed by atoms with Gasteiger partial charge in [-0.25, -0.2) is 9.97 Å². The van der Waals surface area contributed by atoms with E-state index in [0.29, 0.717) is 28.1 Å². The van der Waals surface area contributed by atoms with Gasteiger partial charge in [-0.05, 0) is 17.7 Å². The molecule has 0 spiro atoms. The molecule has 6 nitrogen and oxygen atoms in total. The third-order valence-corrected chi connectivity index (χ3v) is 3.81. The summed E-state index contributed by atoms with van der Waals surface area (Å²) in [6, 6.07) is 15.2. The van der Waals surface area contributed by atoms with E-state index in [4.69, 9.17) is 4.42 Å². The number of carboxylic acid groups (broad SMARTS) is 1. The summed E-state index contributed by atoms with van der Waals surface area (Å²) in [6.45, 7) is 0. The zero-order valence-electron chi connectivity index (χ0n) is 12.5. The van der Waals surface area contributed by atoms with Crippen molar-refractivity contribution in [2.75, 3.05) is 5.32 Å². The van der Waals surface area contributed by atoms with E-state index in [0.717, 1.165) is 5.39 Å². The van der Waals surface area contributed by atoms with Gasteiger partial charge in [-0.1, -0.05) is 42.5 Å². The second-order valence-corrected chi connectivity index (χ2v) is 5.31. The number of carboxylic acids is 1. The SMILES string of the molecule is O=C([O-])[C@@H](Nc1ncnc2c1oc1ccccc12)c1ccccc1. The summed E-state index contributed by atoms with van der Waals surface area (Å²) in [5.41, 5.74) is 2.29. The fourth-order valence-electron chi connectivity index (χ4n) is 2.69. The topological polar surface area (TPSA) is 91.1 Å². The van der Waals surface area contributed by atoms with Crippen molar-refractivity contribution in [1.82, 2.24) is 9.97 Å². The van der Waals surface area contributed by atoms with E-state index in [-0.39, 0.29) is 0 Å². The first-order chi connectivity index (χ1) is 11.7. The van der Waals surface area contributed by atoms with Crippen LogP contribution in [0, 0.1) is 0 Å². The summed E-state index contributed by atoms with van der Waals surface area (Å²) in [6.07, 6.45) is 1.38. The molecule has 6 heteroatoms. The number of furan rings is 1. The van der Waals surface area contributed by atoms with E-state index in [1.807, 2.05) is 30.3 Å². The molecule has 1 atom stereocenters. The van der Waals surface area contributed by atoms with Gasteiger partial charge in [0.1, 0.15) is 17.4 Å². The van der Waals surface area contributed by atoms with E-state index >= 15 is 0 Å². The third-order valence-electron chi connectivity index (χ3n) is 3.81. The predicted octanol–water partition coefficient (Wildman–Crippen LogP) is 2.28. The van der Waals surface area contributed by atoms with Crippen molar-refractivity contribution in [1.29, 1.82) is 0 Å². The number of para-hydroxylation sites is 1. The summed E-state index contributed by atoms with van der Waals surface area (Å²) >= 11 is 0. The minimum Gasteiger partial charge on any atom is -0.548 e. The standard InChI is InChI=1S/C18H13N3O3/c22-18(23)14(11-6-2-1-3-7-11)21-17-16-15(19-10-20-17)12-8-4-5-9-13(12)24-16/h1-10,14H,(H,22,23)(H,19,20,21)/p-1/t14-/m0/s1. The second-order valence-electron chi connectivity index (χ2n) is 5.31. The number of aromatic nitrogens is 2. The highest BCUT2D eigenvalue weighted by Gasteiger charge is 2.18. The molecule has 0 radical (unpaired) electrons. The van der Waals surface area contributed by atoms with Crippen molar-refractivity contribution in [3.8, 4) is 0 Å². The molecular formula is C18H12N3O3-. The lowest BCUT2D eigenvalue weighted by molar-refractivity contribution is -0.307. The van der Waals surface area contributed by atoms with Gasteiger partial charge in [0.05, 0.1) is 12.0 Å². The van der Waals surface area contributed by atoms with Crippen molar-refractivity contribution in [3.05, 3.63) is 66.5 Å². The summed E-state index contributed by atoms with van der Waals surface area (Å²) in [7, 11) is 0. The van der Waals surface area contributed by atoms with Gasteiger partial charge in [0.25, 0.3) is 0 Å². The second kappa shape index (κ2) is 5.66. The van der Waals surface area contributed by atoms with Crippen molar-refractivity contribution in [3.63, 3.8) is 0 Å². The lowest BCUT2D eigenvalue weighted by atomic mass is 10.1. The van der Waals surface area contributed by atoms with E-state index in [1.165, 1.54) is 6.33 Å². The zero-order valence-corrected chi connectivity index (χ0v) is 12.5. The number of hydrogen-bond acceptors (Lipinski definition) is 6. The molecule has 24 heavy (non-hydrogen) atoms. The molecule has 0 fully saturated rings. The van der Waals surface area contributed by atoms with Gasteiger partial charge in [0.2, 0.25) is 0 Å². The number of fused-ring (bicyclic) bond motifs is 3. The average molecular weight is 318 g/mol. The largest absolute Gasteiger partial charge is 0.548 e. The Morgan fingerprint density at radius 1 is 1.04 bits per heavy atom. The van der Waals surface area contributed by atoms with E-state index in [1.54, 1.807) is 24.3 Å². The quantitative estimate of drug-likeness (QED) is 0.621. The molecule has 4 rings (SSSR count). The Morgan fingerprint density at radius 2 is 1.79 bits per heavy atom. The summed E-state index contributed by atoms with van der Waals surface area (Å²) in [5, 5.41) is 15.3. The van der Waals surface area contributed by atoms with Gasteiger partial charge >= 0.3 is 0 Å². The first-order valence-corrected chi connectivity index (χ1v) is 7.38. The number of carbonyl (C=O) groups excluding carboxylic acids is 1. The Bertz CT molecular complexity index is 1030. The molecule has 0 amide bonds. The van der Waals surface area contributed by atoms with Crippen molar-refractivity contribution >= 4 is 33.9 Å². The Labute approximate surface area is 136 Å². The highest BCUT2D eigenvalue weighted by Crippen LogP contribution is 2.31. The maximum atomic E-state index is 11.6. The number of hydrogen-bond donors (Lipinski definition) is 1. The highest BCUT2D eigenvalue weighted by atomic mass is 16.4. The molecule has 0 aliphatic rings. The Morgan fingerprint density at radius 3 is 2.58 bits per heavy atom. The van der Waals surface area contributed by atoms with Crippen molar-refractivity contribution < 1.29 is 14.3 Å². The molecular weight excluding hydrogens is 306 g/mol. The number of benzene rings is 2. The van der Waals surface area contributed by atoms with Crippen LogP contribution >= 0.6 is 0 Å². The van der Waals surface area contributed by atoms with Crippen molar-refractivity contribution in [2.45, 2.75) is 6.04 Å². The van der Waals surface area contributed by atoms with Gasteiger partial charge in [-0.15, -0.1) is 0 Å². The fourth-order valence-corrected chi connectivity index (χ4v) is 2.69. The lowest BCUT2D eigenvalue weighted by Gasteiger charge is -2.20. The summed E-state index contributed by atoms with van der Waals surface area (Å²) in [4.78, 5) is 20.0. The lowest BCUT2D eigenvalue weighted by Crippen LogP contribution is -2.34. The molecule has 0 saturated carbocycles. The number of rotatable bonds is 4. The van der Waals surface area contributed by atoms with Gasteiger partial charge < -0.3 is 19.6 Å². The zero-order chi connectivity index (χ0) is 16.5. The van der Waals surface area contributed by atoms with Crippen LogP contribution in [0.3, 0.4) is 0 Å². The first kappa shape index (κ1) is 14.2. The van der Waals surface area contributed by atoms with Crippen LogP contribution in [-0.4, -0.2) is 15.9 Å². The van der Waals surface area contributed by atoms with Crippen LogP contribution in [0.25, 0.3) is 22.1 Å². The van der Waals surface area contributed by atoms with E-state index in [2.05, 4.69) is 15.3 Å². The molecule has 118 valence electrons. The highest BCUT2D eigenvalue weighted by molar-refractivity contribution is 6.05. The maximum absolute atomic E-state index is 11.6. The van der Waals surface area contributed by atoms with Gasteiger partial charge in [0.15, 0.2) is 11.4 Å². The van der Waals surface area contributed by atoms with Crippen LogP contribution in [-0.2, 0) is 4.79 Å². The number of nitrogens with one attached hydrogen (secondary N) is 1. The van der Waals surface area contributed by atoms with Gasteiger partial charge in [-0.3, -0.25) is 0 Å². The molecule has 0 unspecified atom stereocenters. The first-order valence-electron chi connectivity index (χ1n) is 7.38. The number of carbonyl (C=O) groups is 1. The van der Waals surface area contributed by atoms with Crippen LogP contribution in [0.2, 0.25) is 0 Å². The van der Waals surface area contributed by atoms with Crippen LogP contribution in [0.15, 0.2) is 65.3 Å². The van der Waals surface area contributed by atoms with Gasteiger partial charge in [-0.2, -0.15) is 0 Å². The van der Waals surface area contributed by atoms with Crippen molar-refractivity contribution in [2.24, 2.45) is 0 Å². The van der Waals surface area contributed by atoms with Gasteiger partial charge in [0, 0.05) is 5.39 Å². The van der Waals surface area contributed by atoms with E-state index in [9.17, 15) is 9.90 Å². The molecule has 0 aliphatic heterocycles.